The third kappa shape index (κ3) is 4.02. The maximum Gasteiger partial charge on any atom is -0.00206 e. The van der Waals surface area contributed by atoms with Crippen molar-refractivity contribution < 1.29 is 0 Å². The number of benzene rings is 10. The molecule has 0 heteroatoms. The van der Waals surface area contributed by atoms with E-state index in [4.69, 9.17) is 0 Å². The third-order valence-corrected chi connectivity index (χ3v) is 10.7. The van der Waals surface area contributed by atoms with Gasteiger partial charge in [-0.05, 0) is 127 Å². The first-order valence-corrected chi connectivity index (χ1v) is 17.0. The van der Waals surface area contributed by atoms with Gasteiger partial charge in [0.1, 0.15) is 0 Å². The zero-order chi connectivity index (χ0) is 32.1. The molecule has 0 fully saturated rings. The molecule has 0 aromatic heterocycles. The fourth-order valence-corrected chi connectivity index (χ4v) is 8.18. The summed E-state index contributed by atoms with van der Waals surface area (Å²) in [4.78, 5) is 0. The lowest BCUT2D eigenvalue weighted by atomic mass is 9.82. The van der Waals surface area contributed by atoms with Gasteiger partial charge in [0.25, 0.3) is 0 Å². The predicted octanol–water partition coefficient (Wildman–Crippen LogP) is 13.8. The van der Waals surface area contributed by atoms with Crippen molar-refractivity contribution in [1.29, 1.82) is 0 Å². The summed E-state index contributed by atoms with van der Waals surface area (Å²) >= 11 is 0. The molecule has 0 spiro atoms. The van der Waals surface area contributed by atoms with E-state index in [1.54, 1.807) is 0 Å². The van der Waals surface area contributed by atoms with Crippen LogP contribution in [0.1, 0.15) is 26.3 Å². The number of fused-ring (bicyclic) bond motifs is 7. The van der Waals surface area contributed by atoms with Crippen LogP contribution in [0.4, 0.5) is 0 Å². The van der Waals surface area contributed by atoms with Crippen LogP contribution in [0.2, 0.25) is 0 Å². The minimum Gasteiger partial charge on any atom is -0.0616 e. The Morgan fingerprint density at radius 2 is 0.771 bits per heavy atom. The van der Waals surface area contributed by atoms with E-state index in [0.29, 0.717) is 0 Å². The molecule has 0 amide bonds. The van der Waals surface area contributed by atoms with Gasteiger partial charge in [0.2, 0.25) is 0 Å². The lowest BCUT2D eigenvalue weighted by molar-refractivity contribution is 0.591. The molecule has 0 aliphatic carbocycles. The van der Waals surface area contributed by atoms with Crippen molar-refractivity contribution >= 4 is 75.4 Å². The maximum atomic E-state index is 2.39. The minimum atomic E-state index is 0.109. The molecule has 0 aliphatic rings. The van der Waals surface area contributed by atoms with Gasteiger partial charge >= 0.3 is 0 Å². The third-order valence-electron chi connectivity index (χ3n) is 10.7. The fraction of sp³-hybridized carbons (Fsp3) is 0.0833. The molecule has 0 bridgehead atoms. The zero-order valence-electron chi connectivity index (χ0n) is 27.4. The van der Waals surface area contributed by atoms with Crippen LogP contribution in [-0.2, 0) is 5.41 Å². The molecule has 226 valence electrons. The average Bonchev–Trinajstić information content (AvgIpc) is 3.12. The van der Waals surface area contributed by atoms with E-state index < -0.39 is 0 Å². The van der Waals surface area contributed by atoms with Crippen molar-refractivity contribution in [2.75, 3.05) is 0 Å². The van der Waals surface area contributed by atoms with Crippen molar-refractivity contribution in [3.63, 3.8) is 0 Å². The Hall–Kier alpha value is -5.72. The van der Waals surface area contributed by atoms with E-state index in [9.17, 15) is 0 Å². The molecule has 10 aromatic carbocycles. The molecule has 0 nitrogen and oxygen atoms in total. The number of hydrogen-bond donors (Lipinski definition) is 0. The summed E-state index contributed by atoms with van der Waals surface area (Å²) in [5.74, 6) is 0. The van der Waals surface area contributed by atoms with Crippen LogP contribution in [0.3, 0.4) is 0 Å². The molecular weight excluding hydrogens is 577 g/mol. The lowest BCUT2D eigenvalue weighted by Crippen LogP contribution is -2.10. The molecule has 0 N–H and O–H groups in total. The second-order valence-electron chi connectivity index (χ2n) is 14.6. The molecule has 0 aliphatic heterocycles. The zero-order valence-corrected chi connectivity index (χ0v) is 27.4. The highest BCUT2D eigenvalue weighted by molar-refractivity contribution is 6.27. The highest BCUT2D eigenvalue weighted by Crippen LogP contribution is 2.42. The highest BCUT2D eigenvalue weighted by atomic mass is 14.2. The van der Waals surface area contributed by atoms with Crippen LogP contribution in [0, 0.1) is 0 Å². The van der Waals surface area contributed by atoms with Gasteiger partial charge in [-0.1, -0.05) is 154 Å². The fourth-order valence-electron chi connectivity index (χ4n) is 8.18. The molecule has 48 heavy (non-hydrogen) atoms. The first-order chi connectivity index (χ1) is 23.4. The topological polar surface area (TPSA) is 0 Å². The summed E-state index contributed by atoms with van der Waals surface area (Å²) in [5, 5.41) is 18.4. The van der Waals surface area contributed by atoms with Crippen LogP contribution in [0.5, 0.6) is 0 Å². The summed E-state index contributed by atoms with van der Waals surface area (Å²) in [5.41, 5.74) is 6.53. The van der Waals surface area contributed by atoms with Gasteiger partial charge < -0.3 is 0 Å². The van der Waals surface area contributed by atoms with Crippen LogP contribution < -0.4 is 0 Å². The van der Waals surface area contributed by atoms with Crippen LogP contribution in [-0.4, -0.2) is 0 Å². The van der Waals surface area contributed by atoms with E-state index in [1.165, 1.54) is 103 Å². The highest BCUT2D eigenvalue weighted by Gasteiger charge is 2.18. The van der Waals surface area contributed by atoms with Gasteiger partial charge in [0, 0.05) is 0 Å². The van der Waals surface area contributed by atoms with Crippen LogP contribution >= 0.6 is 0 Å². The standard InChI is InChI=1S/C48H34/c1-48(2,3)37-26-35-17-12-29-18-21-38(44-23-20-36(27-37)46(35)47(29)44)34-16-15-30-24-31(13-14-32(30)25-34)33-19-22-43-41-10-5-4-8-39(41)40-9-6-7-11-42(40)45(43)28-33/h4-28H,1-3H3. The first-order valence-electron chi connectivity index (χ1n) is 17.0. The predicted molar refractivity (Wildman–Crippen MR) is 210 cm³/mol. The minimum absolute atomic E-state index is 0.109. The molecule has 0 saturated heterocycles. The van der Waals surface area contributed by atoms with Crippen molar-refractivity contribution in [3.8, 4) is 22.3 Å². The Labute approximate surface area is 280 Å². The molecule has 10 rings (SSSR count). The number of hydrogen-bond acceptors (Lipinski definition) is 0. The molecule has 10 aromatic rings. The Morgan fingerprint density at radius 1 is 0.312 bits per heavy atom. The second-order valence-corrected chi connectivity index (χ2v) is 14.6. The second kappa shape index (κ2) is 9.89. The van der Waals surface area contributed by atoms with Crippen molar-refractivity contribution in [2.24, 2.45) is 0 Å². The first kappa shape index (κ1) is 27.4. The SMILES string of the molecule is CC(C)(C)c1cc2ccc3ccc(-c4ccc5cc(-c6ccc7c8ccccc8c8ccccc8c7c6)ccc5c4)c4ccc(c1)c2c34. The van der Waals surface area contributed by atoms with Crippen molar-refractivity contribution in [2.45, 2.75) is 26.2 Å². The molecule has 0 atom stereocenters. The van der Waals surface area contributed by atoms with E-state index in [-0.39, 0.29) is 5.41 Å². The van der Waals surface area contributed by atoms with E-state index in [2.05, 4.69) is 172 Å². The maximum absolute atomic E-state index is 2.39. The van der Waals surface area contributed by atoms with Crippen molar-refractivity contribution in [1.82, 2.24) is 0 Å². The average molecular weight is 611 g/mol. The van der Waals surface area contributed by atoms with E-state index in [0.717, 1.165) is 0 Å². The molecule has 0 radical (unpaired) electrons. The van der Waals surface area contributed by atoms with E-state index in [1.807, 2.05) is 0 Å². The summed E-state index contributed by atoms with van der Waals surface area (Å²) in [7, 11) is 0. The Bertz CT molecular complexity index is 2860. The van der Waals surface area contributed by atoms with E-state index >= 15 is 0 Å². The molecule has 0 unspecified atom stereocenters. The number of rotatable bonds is 2. The van der Waals surface area contributed by atoms with Crippen LogP contribution in [0.15, 0.2) is 152 Å². The Morgan fingerprint density at radius 3 is 1.44 bits per heavy atom. The summed E-state index contributed by atoms with van der Waals surface area (Å²) < 4.78 is 0. The largest absolute Gasteiger partial charge is 0.0616 e. The summed E-state index contributed by atoms with van der Waals surface area (Å²) in [6.45, 7) is 6.89. The van der Waals surface area contributed by atoms with Gasteiger partial charge in [-0.3, -0.25) is 0 Å². The lowest BCUT2D eigenvalue weighted by Gasteiger charge is -2.22. The molecule has 0 saturated carbocycles. The monoisotopic (exact) mass is 610 g/mol. The van der Waals surface area contributed by atoms with Gasteiger partial charge in [0.15, 0.2) is 0 Å². The van der Waals surface area contributed by atoms with Gasteiger partial charge in [-0.25, -0.2) is 0 Å². The van der Waals surface area contributed by atoms with Crippen molar-refractivity contribution in [3.05, 3.63) is 157 Å². The molecule has 0 heterocycles. The Balaban J connectivity index is 1.09. The normalized spacial score (nSPS) is 12.5. The van der Waals surface area contributed by atoms with Gasteiger partial charge in [-0.2, -0.15) is 0 Å². The van der Waals surface area contributed by atoms with Crippen LogP contribution in [0.25, 0.3) is 97.7 Å². The summed E-state index contributed by atoms with van der Waals surface area (Å²) in [6.07, 6.45) is 0. The smallest absolute Gasteiger partial charge is 0.00206 e. The van der Waals surface area contributed by atoms with Gasteiger partial charge in [0.05, 0.1) is 0 Å². The Kier molecular flexibility index (Phi) is 5.65. The molecular formula is C48H34. The summed E-state index contributed by atoms with van der Waals surface area (Å²) in [6, 6.07) is 57.1. The van der Waals surface area contributed by atoms with Gasteiger partial charge in [-0.15, -0.1) is 0 Å². The quantitative estimate of drug-likeness (QED) is 0.171.